The molecule has 0 saturated carbocycles. The molecular formula is C20H19BrN2O3S. The Labute approximate surface area is 169 Å². The molecule has 1 aliphatic carbocycles. The van der Waals surface area contributed by atoms with Gasteiger partial charge in [-0.2, -0.15) is 0 Å². The summed E-state index contributed by atoms with van der Waals surface area (Å²) < 4.78 is 7.59. The van der Waals surface area contributed by atoms with Crippen LogP contribution in [0.5, 0.6) is 0 Å². The molecule has 0 spiro atoms. The third-order valence-electron chi connectivity index (χ3n) is 4.79. The summed E-state index contributed by atoms with van der Waals surface area (Å²) in [6, 6.07) is 7.70. The van der Waals surface area contributed by atoms with E-state index < -0.39 is 5.97 Å². The van der Waals surface area contributed by atoms with E-state index in [1.54, 1.807) is 18.3 Å². The molecule has 0 unspecified atom stereocenters. The van der Waals surface area contributed by atoms with Crippen LogP contribution in [-0.4, -0.2) is 22.1 Å². The Kier molecular flexibility index (Phi) is 5.14. The van der Waals surface area contributed by atoms with Crippen molar-refractivity contribution < 1.29 is 9.53 Å². The van der Waals surface area contributed by atoms with E-state index in [0.717, 1.165) is 41.3 Å². The zero-order valence-corrected chi connectivity index (χ0v) is 17.4. The van der Waals surface area contributed by atoms with Gasteiger partial charge in [0.15, 0.2) is 0 Å². The number of aromatic nitrogens is 2. The van der Waals surface area contributed by atoms with Crippen LogP contribution in [0.3, 0.4) is 0 Å². The molecule has 0 radical (unpaired) electrons. The molecule has 2 heterocycles. The summed E-state index contributed by atoms with van der Waals surface area (Å²) in [7, 11) is 0. The van der Waals surface area contributed by atoms with E-state index in [1.165, 1.54) is 9.44 Å². The maximum Gasteiger partial charge on any atom is 0.374 e. The number of thiophene rings is 1. The van der Waals surface area contributed by atoms with Crippen molar-refractivity contribution in [2.45, 2.75) is 39.2 Å². The fraction of sp³-hybridized carbons (Fsp3) is 0.350. The molecule has 2 aromatic heterocycles. The Morgan fingerprint density at radius 3 is 2.74 bits per heavy atom. The third-order valence-corrected chi connectivity index (χ3v) is 6.50. The zero-order chi connectivity index (χ0) is 19.0. The lowest BCUT2D eigenvalue weighted by Crippen LogP contribution is -2.29. The molecule has 0 amide bonds. The molecule has 0 atom stereocenters. The first-order valence-corrected chi connectivity index (χ1v) is 10.7. The Bertz CT molecular complexity index is 1070. The second-order valence-corrected chi connectivity index (χ2v) is 8.56. The minimum atomic E-state index is -0.556. The lowest BCUT2D eigenvalue weighted by molar-refractivity contribution is 0.0505. The molecule has 5 nitrogen and oxygen atoms in total. The molecule has 140 valence electrons. The van der Waals surface area contributed by atoms with Crippen LogP contribution in [0.15, 0.2) is 33.5 Å². The molecule has 0 N–H and O–H groups in total. The van der Waals surface area contributed by atoms with Gasteiger partial charge in [-0.1, -0.05) is 28.1 Å². The van der Waals surface area contributed by atoms with Crippen molar-refractivity contribution >= 4 is 43.5 Å². The lowest BCUT2D eigenvalue weighted by Gasteiger charge is -2.13. The lowest BCUT2D eigenvalue weighted by atomic mass is 9.97. The molecule has 0 fully saturated rings. The van der Waals surface area contributed by atoms with Crippen LogP contribution < -0.4 is 5.56 Å². The van der Waals surface area contributed by atoms with Gasteiger partial charge in [0, 0.05) is 9.35 Å². The first-order chi connectivity index (χ1) is 13.1. The van der Waals surface area contributed by atoms with Gasteiger partial charge in [-0.15, -0.1) is 11.3 Å². The number of esters is 1. The quantitative estimate of drug-likeness (QED) is 0.559. The van der Waals surface area contributed by atoms with Crippen molar-refractivity contribution in [2.75, 3.05) is 6.61 Å². The summed E-state index contributed by atoms with van der Waals surface area (Å²) >= 11 is 4.96. The van der Waals surface area contributed by atoms with Gasteiger partial charge < -0.3 is 4.74 Å². The normalized spacial score (nSPS) is 13.6. The maximum atomic E-state index is 13.4. The number of hydrogen-bond acceptors (Lipinski definition) is 5. The topological polar surface area (TPSA) is 61.2 Å². The highest BCUT2D eigenvalue weighted by Crippen LogP contribution is 2.34. The molecule has 0 saturated heterocycles. The predicted octanol–water partition coefficient (Wildman–Crippen LogP) is 4.32. The van der Waals surface area contributed by atoms with Gasteiger partial charge in [-0.25, -0.2) is 9.78 Å². The Hall–Kier alpha value is -1.99. The van der Waals surface area contributed by atoms with Crippen molar-refractivity contribution in [1.29, 1.82) is 0 Å². The van der Waals surface area contributed by atoms with Crippen LogP contribution in [0.2, 0.25) is 0 Å². The number of rotatable bonds is 4. The van der Waals surface area contributed by atoms with Gasteiger partial charge in [-0.05, 0) is 55.9 Å². The smallest absolute Gasteiger partial charge is 0.374 e. The van der Waals surface area contributed by atoms with Crippen molar-refractivity contribution in [3.8, 4) is 0 Å². The number of benzene rings is 1. The Balaban J connectivity index is 1.91. The minimum Gasteiger partial charge on any atom is -0.460 e. The molecule has 0 aliphatic heterocycles. The van der Waals surface area contributed by atoms with Gasteiger partial charge in [0.25, 0.3) is 5.56 Å². The predicted molar refractivity (Wildman–Crippen MR) is 110 cm³/mol. The van der Waals surface area contributed by atoms with Crippen LogP contribution in [0, 0.1) is 0 Å². The number of fused-ring (bicyclic) bond motifs is 3. The van der Waals surface area contributed by atoms with E-state index in [0.29, 0.717) is 10.2 Å². The Morgan fingerprint density at radius 2 is 2.00 bits per heavy atom. The van der Waals surface area contributed by atoms with Gasteiger partial charge in [0.05, 0.1) is 18.5 Å². The standard InChI is InChI=1S/C20H19BrN2O3S/c1-2-26-20(25)17-22-18-16(14-5-3-4-6-15(14)27-18)19(24)23(17)11-12-7-9-13(21)10-8-12/h7-10H,2-6,11H2,1H3. The van der Waals surface area contributed by atoms with E-state index >= 15 is 0 Å². The molecule has 3 aromatic rings. The summed E-state index contributed by atoms with van der Waals surface area (Å²) in [6.07, 6.45) is 4.11. The number of carbonyl (C=O) groups is 1. The summed E-state index contributed by atoms with van der Waals surface area (Å²) in [5, 5.41) is 0.680. The molecule has 7 heteroatoms. The van der Waals surface area contributed by atoms with E-state index in [4.69, 9.17) is 4.74 Å². The molecule has 4 rings (SSSR count). The highest BCUT2D eigenvalue weighted by molar-refractivity contribution is 9.10. The van der Waals surface area contributed by atoms with Crippen LogP contribution in [-0.2, 0) is 24.1 Å². The van der Waals surface area contributed by atoms with Crippen molar-refractivity contribution in [3.05, 3.63) is 60.9 Å². The monoisotopic (exact) mass is 446 g/mol. The molecule has 1 aliphatic rings. The van der Waals surface area contributed by atoms with E-state index in [-0.39, 0.29) is 24.5 Å². The maximum absolute atomic E-state index is 13.4. The van der Waals surface area contributed by atoms with E-state index in [2.05, 4.69) is 20.9 Å². The number of halogens is 1. The number of nitrogens with zero attached hydrogens (tertiary/aromatic N) is 2. The first kappa shape index (κ1) is 18.4. The summed E-state index contributed by atoms with van der Waals surface area (Å²) in [5.74, 6) is -0.476. The van der Waals surface area contributed by atoms with Crippen molar-refractivity contribution in [3.63, 3.8) is 0 Å². The van der Waals surface area contributed by atoms with Crippen LogP contribution in [0.1, 0.15) is 46.4 Å². The molecular weight excluding hydrogens is 428 g/mol. The highest BCUT2D eigenvalue weighted by Gasteiger charge is 2.25. The van der Waals surface area contributed by atoms with E-state index in [1.807, 2.05) is 24.3 Å². The fourth-order valence-electron chi connectivity index (χ4n) is 3.51. The van der Waals surface area contributed by atoms with Gasteiger partial charge in [-0.3, -0.25) is 9.36 Å². The number of carbonyl (C=O) groups excluding carboxylic acids is 1. The third kappa shape index (κ3) is 3.46. The average Bonchev–Trinajstić information content (AvgIpc) is 3.04. The first-order valence-electron chi connectivity index (χ1n) is 9.05. The SMILES string of the molecule is CCOC(=O)c1nc2sc3c(c2c(=O)n1Cc1ccc(Br)cc1)CCCC3. The van der Waals surface area contributed by atoms with Crippen molar-refractivity contribution in [1.82, 2.24) is 9.55 Å². The minimum absolute atomic E-state index is 0.0795. The molecule has 0 bridgehead atoms. The highest BCUT2D eigenvalue weighted by atomic mass is 79.9. The van der Waals surface area contributed by atoms with Gasteiger partial charge in [0.2, 0.25) is 5.82 Å². The molecule has 27 heavy (non-hydrogen) atoms. The number of hydrogen-bond donors (Lipinski definition) is 0. The van der Waals surface area contributed by atoms with Gasteiger partial charge in [0.1, 0.15) is 4.83 Å². The Morgan fingerprint density at radius 1 is 1.26 bits per heavy atom. The van der Waals surface area contributed by atoms with Crippen molar-refractivity contribution in [2.24, 2.45) is 0 Å². The van der Waals surface area contributed by atoms with Gasteiger partial charge >= 0.3 is 5.97 Å². The second-order valence-electron chi connectivity index (χ2n) is 6.56. The zero-order valence-electron chi connectivity index (χ0n) is 15.0. The molecule has 1 aromatic carbocycles. The van der Waals surface area contributed by atoms with Crippen LogP contribution in [0.4, 0.5) is 0 Å². The number of aryl methyl sites for hydroxylation is 2. The van der Waals surface area contributed by atoms with Crippen LogP contribution >= 0.6 is 27.3 Å². The summed E-state index contributed by atoms with van der Waals surface area (Å²) in [4.78, 5) is 32.3. The average molecular weight is 447 g/mol. The second kappa shape index (κ2) is 7.56. The van der Waals surface area contributed by atoms with E-state index in [9.17, 15) is 9.59 Å². The largest absolute Gasteiger partial charge is 0.460 e. The van der Waals surface area contributed by atoms with Crippen LogP contribution in [0.25, 0.3) is 10.2 Å². The number of ether oxygens (including phenoxy) is 1. The summed E-state index contributed by atoms with van der Waals surface area (Å²) in [5.41, 5.74) is 1.90. The summed E-state index contributed by atoms with van der Waals surface area (Å²) in [6.45, 7) is 2.28. The fourth-order valence-corrected chi connectivity index (χ4v) is 5.03.